The van der Waals surface area contributed by atoms with E-state index in [9.17, 15) is 14.3 Å². The molecule has 0 bridgehead atoms. The van der Waals surface area contributed by atoms with Crippen molar-refractivity contribution in [2.75, 3.05) is 24.7 Å². The van der Waals surface area contributed by atoms with E-state index in [0.717, 1.165) is 63.2 Å². The van der Waals surface area contributed by atoms with Gasteiger partial charge in [0, 0.05) is 30.7 Å². The molecule has 0 saturated heterocycles. The van der Waals surface area contributed by atoms with Gasteiger partial charge in [-0.2, -0.15) is 0 Å². The molecule has 2 N–H and O–H groups in total. The summed E-state index contributed by atoms with van der Waals surface area (Å²) in [7, 11) is 0. The van der Waals surface area contributed by atoms with Crippen molar-refractivity contribution in [3.8, 4) is 11.1 Å². The topological polar surface area (TPSA) is 65.7 Å². The standard InChI is InChI=1S/C23H25FN2O2.C4H10O/c1-14-4-6-17(7-5-14)21-18(13-20(27)28)16(3)22-23-19(21)12-15(2)26(23)11-10-25(22)9-8-24;1-4(2,3)5/h4-7,12H,8-11,13H2,1-3H3,(H,27,28);5H,1-3H3. The van der Waals surface area contributed by atoms with Crippen molar-refractivity contribution in [2.24, 2.45) is 0 Å². The number of hydrogen-bond acceptors (Lipinski definition) is 3. The van der Waals surface area contributed by atoms with Crippen LogP contribution in [0.3, 0.4) is 0 Å². The summed E-state index contributed by atoms with van der Waals surface area (Å²) >= 11 is 0. The Morgan fingerprint density at radius 1 is 1.09 bits per heavy atom. The van der Waals surface area contributed by atoms with Gasteiger partial charge in [-0.15, -0.1) is 0 Å². The van der Waals surface area contributed by atoms with Crippen molar-refractivity contribution in [1.29, 1.82) is 0 Å². The van der Waals surface area contributed by atoms with E-state index in [0.29, 0.717) is 6.54 Å². The molecule has 0 radical (unpaired) electrons. The highest BCUT2D eigenvalue weighted by Gasteiger charge is 2.28. The molecule has 178 valence electrons. The molecule has 2 heterocycles. The number of aryl methyl sites for hydroxylation is 2. The summed E-state index contributed by atoms with van der Waals surface area (Å²) < 4.78 is 15.5. The summed E-state index contributed by atoms with van der Waals surface area (Å²) in [5.74, 6) is -0.855. The second-order valence-electron chi connectivity index (χ2n) is 9.81. The third-order valence-corrected chi connectivity index (χ3v) is 5.84. The van der Waals surface area contributed by atoms with Crippen LogP contribution < -0.4 is 4.90 Å². The van der Waals surface area contributed by atoms with Crippen molar-refractivity contribution in [2.45, 2.75) is 60.1 Å². The minimum absolute atomic E-state index is 0.0499. The number of nitrogens with zero attached hydrogens (tertiary/aromatic N) is 2. The monoisotopic (exact) mass is 454 g/mol. The normalized spacial score (nSPS) is 13.2. The van der Waals surface area contributed by atoms with Gasteiger partial charge >= 0.3 is 5.97 Å². The maximum atomic E-state index is 13.2. The molecule has 3 aromatic rings. The molecule has 1 aliphatic heterocycles. The fourth-order valence-corrected chi connectivity index (χ4v) is 4.55. The summed E-state index contributed by atoms with van der Waals surface area (Å²) in [6.07, 6.45) is -0.0499. The quantitative estimate of drug-likeness (QED) is 0.540. The zero-order valence-electron chi connectivity index (χ0n) is 20.5. The molecule has 0 atom stereocenters. The highest BCUT2D eigenvalue weighted by molar-refractivity contribution is 6.07. The lowest BCUT2D eigenvalue weighted by atomic mass is 9.88. The van der Waals surface area contributed by atoms with Crippen molar-refractivity contribution >= 4 is 22.6 Å². The van der Waals surface area contributed by atoms with Gasteiger partial charge in [0.25, 0.3) is 0 Å². The Morgan fingerprint density at radius 2 is 1.70 bits per heavy atom. The van der Waals surface area contributed by atoms with E-state index in [1.807, 2.05) is 13.8 Å². The van der Waals surface area contributed by atoms with Gasteiger partial charge in [0.2, 0.25) is 0 Å². The number of aromatic nitrogens is 1. The van der Waals surface area contributed by atoms with Crippen LogP contribution in [0.15, 0.2) is 30.3 Å². The highest BCUT2D eigenvalue weighted by Crippen LogP contribution is 2.44. The smallest absolute Gasteiger partial charge is 0.307 e. The van der Waals surface area contributed by atoms with Gasteiger partial charge in [-0.25, -0.2) is 4.39 Å². The van der Waals surface area contributed by atoms with Crippen LogP contribution in [0.1, 0.15) is 43.2 Å². The van der Waals surface area contributed by atoms with Crippen LogP contribution >= 0.6 is 0 Å². The molecule has 4 rings (SSSR count). The summed E-state index contributed by atoms with van der Waals surface area (Å²) in [5, 5.41) is 19.2. The molecule has 5 nitrogen and oxygen atoms in total. The molecule has 0 aliphatic carbocycles. The molecule has 33 heavy (non-hydrogen) atoms. The number of carbonyl (C=O) groups is 1. The van der Waals surface area contributed by atoms with Crippen LogP contribution in [-0.4, -0.2) is 46.1 Å². The van der Waals surface area contributed by atoms with Gasteiger partial charge in [0.1, 0.15) is 6.67 Å². The summed E-state index contributed by atoms with van der Waals surface area (Å²) in [6.45, 7) is 12.8. The van der Waals surface area contributed by atoms with Crippen molar-refractivity contribution in [1.82, 2.24) is 4.57 Å². The lowest BCUT2D eigenvalue weighted by Gasteiger charge is -2.33. The predicted octanol–water partition coefficient (Wildman–Crippen LogP) is 5.43. The zero-order valence-corrected chi connectivity index (χ0v) is 20.5. The molecular weight excluding hydrogens is 419 g/mol. The molecule has 0 fully saturated rings. The van der Waals surface area contributed by atoms with E-state index < -0.39 is 18.2 Å². The molecule has 0 unspecified atom stereocenters. The van der Waals surface area contributed by atoms with Gasteiger partial charge in [-0.05, 0) is 69.9 Å². The Balaban J connectivity index is 0.000000555. The number of halogens is 1. The molecule has 1 aliphatic rings. The third kappa shape index (κ3) is 5.38. The number of carboxylic acid groups (broad SMARTS) is 1. The molecule has 0 saturated carbocycles. The van der Waals surface area contributed by atoms with Crippen LogP contribution in [0.5, 0.6) is 0 Å². The van der Waals surface area contributed by atoms with Crippen LogP contribution in [0.25, 0.3) is 22.0 Å². The largest absolute Gasteiger partial charge is 0.481 e. The average molecular weight is 455 g/mol. The number of rotatable bonds is 5. The maximum absolute atomic E-state index is 13.2. The second kappa shape index (κ2) is 9.56. The average Bonchev–Trinajstić information content (AvgIpc) is 3.03. The molecule has 2 aromatic carbocycles. The predicted molar refractivity (Wildman–Crippen MR) is 133 cm³/mol. The summed E-state index contributed by atoms with van der Waals surface area (Å²) in [6, 6.07) is 10.4. The number of alkyl halides is 1. The third-order valence-electron chi connectivity index (χ3n) is 5.84. The fraction of sp³-hybridized carbons (Fsp3) is 0.444. The first-order chi connectivity index (χ1) is 15.4. The number of aliphatic carboxylic acids is 1. The molecular formula is C27H35FN2O3. The number of benzene rings is 2. The first kappa shape index (κ1) is 24.8. The SMILES string of the molecule is CC(C)(C)O.Cc1ccc(-c2c(CC(=O)O)c(C)c3c4c2cc(C)n4CCN3CCF)cc1. The number of hydrogen-bond donors (Lipinski definition) is 2. The van der Waals surface area contributed by atoms with Gasteiger partial charge < -0.3 is 19.7 Å². The Kier molecular flexibility index (Phi) is 7.17. The van der Waals surface area contributed by atoms with E-state index in [-0.39, 0.29) is 6.42 Å². The van der Waals surface area contributed by atoms with E-state index >= 15 is 0 Å². The summed E-state index contributed by atoms with van der Waals surface area (Å²) in [5.41, 5.74) is 7.67. The van der Waals surface area contributed by atoms with Gasteiger partial charge in [-0.1, -0.05) is 29.8 Å². The van der Waals surface area contributed by atoms with Crippen LogP contribution in [0.2, 0.25) is 0 Å². The van der Waals surface area contributed by atoms with Crippen molar-refractivity contribution in [3.05, 3.63) is 52.7 Å². The zero-order chi connectivity index (χ0) is 24.5. The van der Waals surface area contributed by atoms with Crippen molar-refractivity contribution < 1.29 is 19.4 Å². The highest BCUT2D eigenvalue weighted by atomic mass is 19.1. The minimum atomic E-state index is -0.855. The Bertz CT molecular complexity index is 1150. The molecule has 1 aromatic heterocycles. The van der Waals surface area contributed by atoms with Crippen LogP contribution in [0, 0.1) is 20.8 Å². The van der Waals surface area contributed by atoms with Gasteiger partial charge in [0.15, 0.2) is 0 Å². The number of aliphatic hydroxyl groups is 1. The van der Waals surface area contributed by atoms with Crippen LogP contribution in [0.4, 0.5) is 10.1 Å². The Morgan fingerprint density at radius 3 is 2.24 bits per heavy atom. The van der Waals surface area contributed by atoms with Gasteiger partial charge in [-0.3, -0.25) is 4.79 Å². The lowest BCUT2D eigenvalue weighted by Crippen LogP contribution is -2.34. The minimum Gasteiger partial charge on any atom is -0.481 e. The van der Waals surface area contributed by atoms with E-state index in [2.05, 4.69) is 46.7 Å². The molecule has 0 amide bonds. The Hall–Kier alpha value is -2.86. The van der Waals surface area contributed by atoms with E-state index in [4.69, 9.17) is 5.11 Å². The van der Waals surface area contributed by atoms with Crippen LogP contribution in [-0.2, 0) is 17.8 Å². The number of anilines is 1. The first-order valence-electron chi connectivity index (χ1n) is 11.4. The Labute approximate surface area is 195 Å². The first-order valence-corrected chi connectivity index (χ1v) is 11.4. The van der Waals surface area contributed by atoms with E-state index in [1.54, 1.807) is 20.8 Å². The molecule has 0 spiro atoms. The number of carboxylic acids is 1. The summed E-state index contributed by atoms with van der Waals surface area (Å²) in [4.78, 5) is 13.8. The maximum Gasteiger partial charge on any atom is 0.307 e. The van der Waals surface area contributed by atoms with Crippen molar-refractivity contribution in [3.63, 3.8) is 0 Å². The lowest BCUT2D eigenvalue weighted by molar-refractivity contribution is -0.136. The fourth-order valence-electron chi connectivity index (χ4n) is 4.55. The van der Waals surface area contributed by atoms with Gasteiger partial charge in [0.05, 0.1) is 23.2 Å². The van der Waals surface area contributed by atoms with E-state index in [1.165, 1.54) is 0 Å². The molecule has 6 heteroatoms. The second-order valence-corrected chi connectivity index (χ2v) is 9.81.